The van der Waals surface area contributed by atoms with Crippen molar-refractivity contribution in [3.63, 3.8) is 0 Å². The Balaban J connectivity index is 1.47. The molecule has 2 amide bonds. The second kappa shape index (κ2) is 7.70. The predicted octanol–water partition coefficient (Wildman–Crippen LogP) is 0.996. The van der Waals surface area contributed by atoms with Gasteiger partial charge in [-0.25, -0.2) is 8.42 Å². The molecule has 0 N–H and O–H groups in total. The molecule has 0 aromatic heterocycles. The molecular formula is C20H27N3O5S. The van der Waals surface area contributed by atoms with Crippen LogP contribution in [0.15, 0.2) is 23.1 Å². The van der Waals surface area contributed by atoms with Gasteiger partial charge in [-0.1, -0.05) is 0 Å². The summed E-state index contributed by atoms with van der Waals surface area (Å²) >= 11 is 0. The normalized spacial score (nSPS) is 25.3. The van der Waals surface area contributed by atoms with Crippen molar-refractivity contribution >= 4 is 27.5 Å². The van der Waals surface area contributed by atoms with Crippen molar-refractivity contribution in [2.45, 2.75) is 50.2 Å². The maximum absolute atomic E-state index is 13.1. The Morgan fingerprint density at radius 1 is 1.14 bits per heavy atom. The molecule has 158 valence electrons. The molecule has 3 aliphatic rings. The second-order valence-corrected chi connectivity index (χ2v) is 9.90. The van der Waals surface area contributed by atoms with Crippen LogP contribution in [0.25, 0.3) is 0 Å². The Bertz CT molecular complexity index is 918. The first kappa shape index (κ1) is 20.3. The highest BCUT2D eigenvalue weighted by Gasteiger charge is 2.35. The second-order valence-electron chi connectivity index (χ2n) is 7.96. The number of carbonyl (C=O) groups is 2. The minimum atomic E-state index is -3.65. The highest BCUT2D eigenvalue weighted by Crippen LogP contribution is 2.34. The number of piperazine rings is 1. The molecule has 3 heterocycles. The fourth-order valence-electron chi connectivity index (χ4n) is 4.52. The van der Waals surface area contributed by atoms with Gasteiger partial charge in [-0.2, -0.15) is 4.31 Å². The van der Waals surface area contributed by atoms with E-state index in [-0.39, 0.29) is 41.9 Å². The topological polar surface area (TPSA) is 87.2 Å². The zero-order chi connectivity index (χ0) is 20.8. The standard InChI is InChI=1S/C20H27N3O5S/c1-14-12-16-13-17(5-6-18(16)23(14)15(2)24)29(26,27)22-9-7-21(8-10-22)20(25)19-4-3-11-28-19/h5-6,13-14,19H,3-4,7-12H2,1-2H3. The number of fused-ring (bicyclic) bond motifs is 1. The van der Waals surface area contributed by atoms with Gasteiger partial charge in [0.05, 0.1) is 4.90 Å². The molecule has 0 radical (unpaired) electrons. The third-order valence-electron chi connectivity index (χ3n) is 6.00. The van der Waals surface area contributed by atoms with Crippen molar-refractivity contribution < 1.29 is 22.7 Å². The number of amides is 2. The van der Waals surface area contributed by atoms with Crippen LogP contribution in [-0.2, 0) is 30.8 Å². The van der Waals surface area contributed by atoms with Gasteiger partial charge in [0.15, 0.2) is 0 Å². The highest BCUT2D eigenvalue weighted by molar-refractivity contribution is 7.89. The molecule has 8 nitrogen and oxygen atoms in total. The van der Waals surface area contributed by atoms with Crippen LogP contribution in [-0.4, -0.2) is 74.4 Å². The summed E-state index contributed by atoms with van der Waals surface area (Å²) in [6.07, 6.45) is 1.90. The highest BCUT2D eigenvalue weighted by atomic mass is 32.2. The summed E-state index contributed by atoms with van der Waals surface area (Å²) in [5, 5.41) is 0. The summed E-state index contributed by atoms with van der Waals surface area (Å²) in [6.45, 7) is 5.38. The average molecular weight is 422 g/mol. The number of hydrogen-bond acceptors (Lipinski definition) is 5. The van der Waals surface area contributed by atoms with E-state index >= 15 is 0 Å². The SMILES string of the molecule is CC(=O)N1c2ccc(S(=O)(=O)N3CCN(C(=O)C4CCCO4)CC3)cc2CC1C. The molecule has 1 aromatic carbocycles. The van der Waals surface area contributed by atoms with Crippen molar-refractivity contribution in [3.05, 3.63) is 23.8 Å². The van der Waals surface area contributed by atoms with Crippen LogP contribution in [0.1, 0.15) is 32.3 Å². The van der Waals surface area contributed by atoms with Crippen molar-refractivity contribution in [3.8, 4) is 0 Å². The zero-order valence-electron chi connectivity index (χ0n) is 16.8. The lowest BCUT2D eigenvalue weighted by Crippen LogP contribution is -2.52. The van der Waals surface area contributed by atoms with E-state index in [1.54, 1.807) is 28.0 Å². The number of nitrogens with zero attached hydrogens (tertiary/aromatic N) is 3. The molecular weight excluding hydrogens is 394 g/mol. The van der Waals surface area contributed by atoms with E-state index in [0.29, 0.717) is 26.1 Å². The summed E-state index contributed by atoms with van der Waals surface area (Å²) in [4.78, 5) is 28.0. The Morgan fingerprint density at radius 2 is 1.86 bits per heavy atom. The Labute approximate surface area is 171 Å². The van der Waals surface area contributed by atoms with Crippen molar-refractivity contribution in [2.75, 3.05) is 37.7 Å². The maximum atomic E-state index is 13.1. The molecule has 2 unspecified atom stereocenters. The van der Waals surface area contributed by atoms with E-state index in [1.165, 1.54) is 11.2 Å². The van der Waals surface area contributed by atoms with Crippen molar-refractivity contribution in [1.82, 2.24) is 9.21 Å². The Morgan fingerprint density at radius 3 is 2.48 bits per heavy atom. The number of benzene rings is 1. The van der Waals surface area contributed by atoms with E-state index in [1.807, 2.05) is 6.92 Å². The first-order valence-corrected chi connectivity index (χ1v) is 11.6. The molecule has 29 heavy (non-hydrogen) atoms. The summed E-state index contributed by atoms with van der Waals surface area (Å²) in [5.41, 5.74) is 1.66. The molecule has 2 saturated heterocycles. The molecule has 4 rings (SSSR count). The van der Waals surface area contributed by atoms with Gasteiger partial charge in [0.25, 0.3) is 5.91 Å². The first-order valence-electron chi connectivity index (χ1n) is 10.1. The van der Waals surface area contributed by atoms with Gasteiger partial charge in [0.1, 0.15) is 6.10 Å². The van der Waals surface area contributed by atoms with Crippen LogP contribution < -0.4 is 4.90 Å². The number of carbonyl (C=O) groups excluding carboxylic acids is 2. The van der Waals surface area contributed by atoms with Crippen molar-refractivity contribution in [2.24, 2.45) is 0 Å². The van der Waals surface area contributed by atoms with E-state index in [0.717, 1.165) is 24.1 Å². The molecule has 0 bridgehead atoms. The first-order chi connectivity index (χ1) is 13.8. The molecule has 1 aromatic rings. The molecule has 3 aliphatic heterocycles. The predicted molar refractivity (Wildman–Crippen MR) is 107 cm³/mol. The van der Waals surface area contributed by atoms with Crippen molar-refractivity contribution in [1.29, 1.82) is 0 Å². The minimum absolute atomic E-state index is 0.0211. The lowest BCUT2D eigenvalue weighted by atomic mass is 10.1. The number of rotatable bonds is 3. The third-order valence-corrected chi connectivity index (χ3v) is 7.89. The van der Waals surface area contributed by atoms with E-state index in [4.69, 9.17) is 4.74 Å². The van der Waals surface area contributed by atoms with E-state index in [2.05, 4.69) is 0 Å². The molecule has 2 atom stereocenters. The largest absolute Gasteiger partial charge is 0.368 e. The summed E-state index contributed by atoms with van der Waals surface area (Å²) in [5.74, 6) is -0.0747. The maximum Gasteiger partial charge on any atom is 0.251 e. The van der Waals surface area contributed by atoms with Gasteiger partial charge in [0, 0.05) is 51.4 Å². The van der Waals surface area contributed by atoms with Crippen LogP contribution in [0.4, 0.5) is 5.69 Å². The van der Waals surface area contributed by atoms with Gasteiger partial charge in [-0.05, 0) is 49.9 Å². The number of sulfonamides is 1. The zero-order valence-corrected chi connectivity index (χ0v) is 17.7. The number of ether oxygens (including phenoxy) is 1. The lowest BCUT2D eigenvalue weighted by molar-refractivity contribution is -0.142. The smallest absolute Gasteiger partial charge is 0.251 e. The Kier molecular flexibility index (Phi) is 5.39. The van der Waals surface area contributed by atoms with Crippen LogP contribution in [0.3, 0.4) is 0 Å². The lowest BCUT2D eigenvalue weighted by Gasteiger charge is -2.35. The van der Waals surface area contributed by atoms with Gasteiger partial charge in [0.2, 0.25) is 15.9 Å². The Hall–Kier alpha value is -1.97. The van der Waals surface area contributed by atoms with Crippen LogP contribution in [0.2, 0.25) is 0 Å². The molecule has 0 spiro atoms. The molecule has 0 saturated carbocycles. The van der Waals surface area contributed by atoms with Gasteiger partial charge in [-0.3, -0.25) is 9.59 Å². The summed E-state index contributed by atoms with van der Waals surface area (Å²) < 4.78 is 33.2. The monoisotopic (exact) mass is 421 g/mol. The number of anilines is 1. The summed E-state index contributed by atoms with van der Waals surface area (Å²) in [7, 11) is -3.65. The van der Waals surface area contributed by atoms with E-state index in [9.17, 15) is 18.0 Å². The number of hydrogen-bond donors (Lipinski definition) is 0. The van der Waals surface area contributed by atoms with Crippen LogP contribution in [0.5, 0.6) is 0 Å². The van der Waals surface area contributed by atoms with E-state index < -0.39 is 10.0 Å². The average Bonchev–Trinajstić information content (AvgIpc) is 3.33. The fraction of sp³-hybridized carbons (Fsp3) is 0.600. The van der Waals surface area contributed by atoms with Gasteiger partial charge in [-0.15, -0.1) is 0 Å². The van der Waals surface area contributed by atoms with Gasteiger partial charge >= 0.3 is 0 Å². The molecule has 2 fully saturated rings. The fourth-order valence-corrected chi connectivity index (χ4v) is 6.00. The van der Waals surface area contributed by atoms with Gasteiger partial charge < -0.3 is 14.5 Å². The molecule has 0 aliphatic carbocycles. The van der Waals surface area contributed by atoms with Crippen LogP contribution >= 0.6 is 0 Å². The molecule has 9 heteroatoms. The van der Waals surface area contributed by atoms with Crippen LogP contribution in [0, 0.1) is 0 Å². The minimum Gasteiger partial charge on any atom is -0.368 e. The quantitative estimate of drug-likeness (QED) is 0.727. The summed E-state index contributed by atoms with van der Waals surface area (Å²) in [6, 6.07) is 5.01. The third kappa shape index (κ3) is 3.67.